The molecule has 0 aromatic heterocycles. The highest BCUT2D eigenvalue weighted by Crippen LogP contribution is 2.29. The Morgan fingerprint density at radius 1 is 1.21 bits per heavy atom. The van der Waals surface area contributed by atoms with E-state index in [9.17, 15) is 4.79 Å². The molecule has 0 aliphatic heterocycles. The van der Waals surface area contributed by atoms with Crippen LogP contribution in [-0.4, -0.2) is 29.7 Å². The van der Waals surface area contributed by atoms with Crippen LogP contribution >= 0.6 is 12.4 Å². The van der Waals surface area contributed by atoms with Crippen LogP contribution in [0.2, 0.25) is 0 Å². The van der Waals surface area contributed by atoms with Crippen LogP contribution in [0.15, 0.2) is 0 Å². The largest absolute Gasteiger partial charge is 0.396 e. The minimum atomic E-state index is -0.790. The number of rotatable bonds is 9. The molecule has 4 N–H and O–H groups in total. The molecule has 5 heteroatoms. The fourth-order valence-corrected chi connectivity index (χ4v) is 2.28. The smallest absolute Gasteiger partial charge is 0.239 e. The minimum Gasteiger partial charge on any atom is -0.396 e. The molecule has 0 fully saturated rings. The Hall–Kier alpha value is -0.320. The van der Waals surface area contributed by atoms with Gasteiger partial charge < -0.3 is 16.2 Å². The molecule has 0 aliphatic rings. The maximum Gasteiger partial charge on any atom is 0.239 e. The number of nitrogens with one attached hydrogen (secondary N) is 1. The first kappa shape index (κ1) is 21.0. The molecule has 116 valence electrons. The number of carbonyl (C=O) groups is 1. The number of nitrogens with two attached hydrogens (primary N) is 1. The number of amides is 1. The molecule has 0 rings (SSSR count). The molecule has 0 saturated heterocycles. The minimum absolute atomic E-state index is 0. The molecule has 0 saturated carbocycles. The number of halogens is 1. The Bertz CT molecular complexity index is 254. The van der Waals surface area contributed by atoms with Crippen molar-refractivity contribution in [1.29, 1.82) is 0 Å². The Morgan fingerprint density at radius 2 is 1.74 bits per heavy atom. The van der Waals surface area contributed by atoms with E-state index in [1.165, 1.54) is 0 Å². The van der Waals surface area contributed by atoms with Gasteiger partial charge in [-0.05, 0) is 38.0 Å². The van der Waals surface area contributed by atoms with Gasteiger partial charge in [0.15, 0.2) is 0 Å². The van der Waals surface area contributed by atoms with Crippen molar-refractivity contribution in [1.82, 2.24) is 5.32 Å². The van der Waals surface area contributed by atoms with Gasteiger partial charge in [-0.1, -0.05) is 27.2 Å². The van der Waals surface area contributed by atoms with Gasteiger partial charge in [-0.3, -0.25) is 4.79 Å². The zero-order valence-electron chi connectivity index (χ0n) is 12.8. The third-order valence-electron chi connectivity index (χ3n) is 4.05. The van der Waals surface area contributed by atoms with E-state index in [-0.39, 0.29) is 30.3 Å². The molecule has 0 aromatic carbocycles. The van der Waals surface area contributed by atoms with Crippen LogP contribution in [0, 0.1) is 5.41 Å². The quantitative estimate of drug-likeness (QED) is 0.610. The van der Waals surface area contributed by atoms with E-state index in [1.54, 1.807) is 6.92 Å². The van der Waals surface area contributed by atoms with Crippen LogP contribution in [0.1, 0.15) is 59.8 Å². The fourth-order valence-electron chi connectivity index (χ4n) is 2.28. The molecule has 1 atom stereocenters. The molecule has 1 amide bonds. The molecule has 0 heterocycles. The molecule has 0 spiro atoms. The van der Waals surface area contributed by atoms with Gasteiger partial charge in [0.25, 0.3) is 0 Å². The lowest BCUT2D eigenvalue weighted by molar-refractivity contribution is -0.126. The van der Waals surface area contributed by atoms with Crippen LogP contribution in [-0.2, 0) is 4.79 Å². The maximum absolute atomic E-state index is 12.0. The fraction of sp³-hybridized carbons (Fsp3) is 0.929. The van der Waals surface area contributed by atoms with Crippen molar-refractivity contribution < 1.29 is 9.90 Å². The van der Waals surface area contributed by atoms with Crippen LogP contribution in [0.5, 0.6) is 0 Å². The Labute approximate surface area is 123 Å². The summed E-state index contributed by atoms with van der Waals surface area (Å²) in [5, 5.41) is 12.1. The van der Waals surface area contributed by atoms with E-state index in [0.717, 1.165) is 25.7 Å². The molecule has 0 aromatic rings. The lowest BCUT2D eigenvalue weighted by Gasteiger charge is -2.33. The van der Waals surface area contributed by atoms with Gasteiger partial charge in [0, 0.05) is 13.2 Å². The summed E-state index contributed by atoms with van der Waals surface area (Å²) in [7, 11) is 0. The molecule has 0 aliphatic carbocycles. The summed E-state index contributed by atoms with van der Waals surface area (Å²) in [6, 6.07) is 0. The van der Waals surface area contributed by atoms with Crippen LogP contribution in [0.4, 0.5) is 0 Å². The van der Waals surface area contributed by atoms with E-state index in [4.69, 9.17) is 10.8 Å². The Kier molecular flexibility index (Phi) is 10.6. The predicted octanol–water partition coefficient (Wildman–Crippen LogP) is 2.23. The van der Waals surface area contributed by atoms with Crippen molar-refractivity contribution in [3.05, 3.63) is 0 Å². The lowest BCUT2D eigenvalue weighted by atomic mass is 9.79. The number of hydrogen-bond acceptors (Lipinski definition) is 3. The van der Waals surface area contributed by atoms with Crippen molar-refractivity contribution in [2.45, 2.75) is 65.3 Å². The molecule has 4 nitrogen and oxygen atoms in total. The number of carbonyl (C=O) groups excluding carboxylic acids is 1. The van der Waals surface area contributed by atoms with Gasteiger partial charge in [0.05, 0.1) is 5.54 Å². The Morgan fingerprint density at radius 3 is 2.11 bits per heavy atom. The Balaban J connectivity index is 0. The maximum atomic E-state index is 12.0. The number of hydrogen-bond donors (Lipinski definition) is 3. The molecular weight excluding hydrogens is 264 g/mol. The van der Waals surface area contributed by atoms with Crippen LogP contribution in [0.3, 0.4) is 0 Å². The molecule has 19 heavy (non-hydrogen) atoms. The highest BCUT2D eigenvalue weighted by atomic mass is 35.5. The second-order valence-corrected chi connectivity index (χ2v) is 5.53. The summed E-state index contributed by atoms with van der Waals surface area (Å²) in [6.45, 7) is 8.74. The summed E-state index contributed by atoms with van der Waals surface area (Å²) in [5.41, 5.74) is 5.20. The van der Waals surface area contributed by atoms with E-state index >= 15 is 0 Å². The number of aliphatic hydroxyl groups is 1. The third-order valence-corrected chi connectivity index (χ3v) is 4.05. The normalized spacial score (nSPS) is 14.4. The number of aliphatic hydroxyl groups excluding tert-OH is 1. The van der Waals surface area contributed by atoms with Gasteiger partial charge in [-0.15, -0.1) is 12.4 Å². The van der Waals surface area contributed by atoms with Gasteiger partial charge in [-0.25, -0.2) is 0 Å². The average molecular weight is 295 g/mol. The van der Waals surface area contributed by atoms with Gasteiger partial charge in [0.2, 0.25) is 5.91 Å². The van der Waals surface area contributed by atoms with Gasteiger partial charge in [0.1, 0.15) is 0 Å². The summed E-state index contributed by atoms with van der Waals surface area (Å²) >= 11 is 0. The molecule has 0 bridgehead atoms. The first-order chi connectivity index (χ1) is 8.37. The second kappa shape index (κ2) is 9.56. The van der Waals surface area contributed by atoms with Crippen molar-refractivity contribution in [2.24, 2.45) is 11.1 Å². The monoisotopic (exact) mass is 294 g/mol. The van der Waals surface area contributed by atoms with E-state index in [0.29, 0.717) is 13.0 Å². The van der Waals surface area contributed by atoms with Crippen molar-refractivity contribution in [3.8, 4) is 0 Å². The summed E-state index contributed by atoms with van der Waals surface area (Å²) in [5.74, 6) is -0.0893. The third kappa shape index (κ3) is 6.59. The van der Waals surface area contributed by atoms with Gasteiger partial charge >= 0.3 is 0 Å². The summed E-state index contributed by atoms with van der Waals surface area (Å²) in [6.07, 6.45) is 4.18. The van der Waals surface area contributed by atoms with Crippen LogP contribution in [0.25, 0.3) is 0 Å². The first-order valence-corrected chi connectivity index (χ1v) is 7.05. The SMILES string of the molecule is CCCC(C)(N)C(=O)NCC(CC)(CC)CCO.Cl. The highest BCUT2D eigenvalue weighted by molar-refractivity contribution is 5.85. The van der Waals surface area contributed by atoms with E-state index in [1.807, 2.05) is 6.92 Å². The first-order valence-electron chi connectivity index (χ1n) is 7.05. The highest BCUT2D eigenvalue weighted by Gasteiger charge is 2.31. The summed E-state index contributed by atoms with van der Waals surface area (Å²) in [4.78, 5) is 12.0. The van der Waals surface area contributed by atoms with Crippen molar-refractivity contribution in [3.63, 3.8) is 0 Å². The average Bonchev–Trinajstić information content (AvgIpc) is 2.34. The topological polar surface area (TPSA) is 75.4 Å². The molecular formula is C14H31ClN2O2. The van der Waals surface area contributed by atoms with Gasteiger partial charge in [-0.2, -0.15) is 0 Å². The predicted molar refractivity (Wildman–Crippen MR) is 82.5 cm³/mol. The second-order valence-electron chi connectivity index (χ2n) is 5.53. The lowest BCUT2D eigenvalue weighted by Crippen LogP contribution is -2.53. The van der Waals surface area contributed by atoms with Crippen molar-refractivity contribution in [2.75, 3.05) is 13.2 Å². The van der Waals surface area contributed by atoms with E-state index < -0.39 is 5.54 Å². The standard InChI is InChI=1S/C14H30N2O2.ClH/c1-5-8-13(4,15)12(18)16-11-14(6-2,7-3)9-10-17;/h17H,5-11,15H2,1-4H3,(H,16,18);1H. The molecule has 0 radical (unpaired) electrons. The summed E-state index contributed by atoms with van der Waals surface area (Å²) < 4.78 is 0. The van der Waals surface area contributed by atoms with Crippen LogP contribution < -0.4 is 11.1 Å². The zero-order valence-corrected chi connectivity index (χ0v) is 13.6. The zero-order chi connectivity index (χ0) is 14.2. The van der Waals surface area contributed by atoms with E-state index in [2.05, 4.69) is 19.2 Å². The van der Waals surface area contributed by atoms with Crippen molar-refractivity contribution >= 4 is 18.3 Å². The molecule has 1 unspecified atom stereocenters.